The number of amides is 3. The molecule has 0 aliphatic carbocycles. The first kappa shape index (κ1) is 20.7. The van der Waals surface area contributed by atoms with E-state index >= 15 is 0 Å². The molecule has 2 aromatic carbocycles. The van der Waals surface area contributed by atoms with Crippen molar-refractivity contribution in [3.05, 3.63) is 65.7 Å². The van der Waals surface area contributed by atoms with E-state index in [2.05, 4.69) is 16.0 Å². The molecule has 3 amide bonds. The van der Waals surface area contributed by atoms with Crippen LogP contribution in [0.1, 0.15) is 11.1 Å². The molecule has 29 heavy (non-hydrogen) atoms. The molecule has 2 aromatic rings. The maximum atomic E-state index is 12.9. The summed E-state index contributed by atoms with van der Waals surface area (Å²) in [6.45, 7) is 3.19. The number of carbonyl (C=O) groups excluding carboxylic acids is 2. The van der Waals surface area contributed by atoms with Gasteiger partial charge in [-0.25, -0.2) is 4.79 Å². The minimum absolute atomic E-state index is 0.201. The standard InChI is InChI=1S/C22H28N4O3/c1-29-19-9-7-18(8-10-19)16-24-21(27)20(15-17-5-3-2-4-6-17)25-22(28)26-13-11-23-12-14-26/h2-10,20,23H,11-16H2,1H3,(H,24,27)(H,25,28). The van der Waals surface area contributed by atoms with Gasteiger partial charge in [-0.05, 0) is 23.3 Å². The molecule has 0 bridgehead atoms. The van der Waals surface area contributed by atoms with Gasteiger partial charge in [0.2, 0.25) is 5.91 Å². The van der Waals surface area contributed by atoms with Crippen LogP contribution in [0.2, 0.25) is 0 Å². The Balaban J connectivity index is 1.63. The zero-order chi connectivity index (χ0) is 20.5. The molecule has 3 N–H and O–H groups in total. The number of nitrogens with zero attached hydrogens (tertiary/aromatic N) is 1. The summed E-state index contributed by atoms with van der Waals surface area (Å²) in [5, 5.41) is 9.08. The van der Waals surface area contributed by atoms with Crippen molar-refractivity contribution in [3.8, 4) is 5.75 Å². The van der Waals surface area contributed by atoms with E-state index < -0.39 is 6.04 Å². The highest BCUT2D eigenvalue weighted by atomic mass is 16.5. The highest BCUT2D eigenvalue weighted by Gasteiger charge is 2.24. The zero-order valence-electron chi connectivity index (χ0n) is 16.7. The lowest BCUT2D eigenvalue weighted by Gasteiger charge is -2.29. The van der Waals surface area contributed by atoms with Crippen molar-refractivity contribution in [3.63, 3.8) is 0 Å². The quantitative estimate of drug-likeness (QED) is 0.663. The van der Waals surface area contributed by atoms with Gasteiger partial charge in [-0.15, -0.1) is 0 Å². The first-order valence-corrected chi connectivity index (χ1v) is 9.86. The molecule has 1 aliphatic heterocycles. The second-order valence-electron chi connectivity index (χ2n) is 6.99. The normalized spacial score (nSPS) is 14.7. The fourth-order valence-corrected chi connectivity index (χ4v) is 3.22. The number of methoxy groups -OCH3 is 1. The third-order valence-corrected chi connectivity index (χ3v) is 4.93. The first-order valence-electron chi connectivity index (χ1n) is 9.86. The predicted octanol–water partition coefficient (Wildman–Crippen LogP) is 1.54. The van der Waals surface area contributed by atoms with Crippen LogP contribution in [0.15, 0.2) is 54.6 Å². The molecule has 3 rings (SSSR count). The third-order valence-electron chi connectivity index (χ3n) is 4.93. The molecule has 0 radical (unpaired) electrons. The molecule has 1 heterocycles. The number of piperazine rings is 1. The van der Waals surface area contributed by atoms with E-state index in [1.165, 1.54) is 0 Å². The van der Waals surface area contributed by atoms with Gasteiger partial charge in [0.25, 0.3) is 0 Å². The summed E-state index contributed by atoms with van der Waals surface area (Å²) in [6, 6.07) is 16.4. The maximum absolute atomic E-state index is 12.9. The lowest BCUT2D eigenvalue weighted by Crippen LogP contribution is -2.55. The molecule has 1 atom stereocenters. The molecular weight excluding hydrogens is 368 g/mol. The minimum Gasteiger partial charge on any atom is -0.497 e. The summed E-state index contributed by atoms with van der Waals surface area (Å²) in [4.78, 5) is 27.3. The van der Waals surface area contributed by atoms with Crippen LogP contribution in [-0.2, 0) is 17.8 Å². The Morgan fingerprint density at radius 3 is 2.38 bits per heavy atom. The summed E-state index contributed by atoms with van der Waals surface area (Å²) in [7, 11) is 1.62. The van der Waals surface area contributed by atoms with E-state index in [4.69, 9.17) is 4.74 Å². The molecule has 7 heteroatoms. The zero-order valence-corrected chi connectivity index (χ0v) is 16.7. The summed E-state index contributed by atoms with van der Waals surface area (Å²) < 4.78 is 5.16. The average Bonchev–Trinajstić information content (AvgIpc) is 2.78. The van der Waals surface area contributed by atoms with Crippen LogP contribution in [0.25, 0.3) is 0 Å². The van der Waals surface area contributed by atoms with Crippen molar-refractivity contribution in [1.29, 1.82) is 0 Å². The van der Waals surface area contributed by atoms with E-state index in [1.54, 1.807) is 12.0 Å². The number of rotatable bonds is 7. The lowest BCUT2D eigenvalue weighted by atomic mass is 10.1. The fraction of sp³-hybridized carbons (Fsp3) is 0.364. The number of hydrogen-bond donors (Lipinski definition) is 3. The molecule has 1 saturated heterocycles. The van der Waals surface area contributed by atoms with E-state index in [0.29, 0.717) is 26.1 Å². The second kappa shape index (κ2) is 10.5. The van der Waals surface area contributed by atoms with E-state index in [9.17, 15) is 9.59 Å². The van der Waals surface area contributed by atoms with E-state index in [1.807, 2.05) is 54.6 Å². The highest BCUT2D eigenvalue weighted by molar-refractivity contribution is 5.87. The van der Waals surface area contributed by atoms with Crippen LogP contribution < -0.4 is 20.7 Å². The summed E-state index contributed by atoms with van der Waals surface area (Å²) >= 11 is 0. The predicted molar refractivity (Wildman–Crippen MR) is 112 cm³/mol. The van der Waals surface area contributed by atoms with Gasteiger partial charge in [-0.1, -0.05) is 42.5 Å². The Hall–Kier alpha value is -3.06. The monoisotopic (exact) mass is 396 g/mol. The minimum atomic E-state index is -0.641. The Morgan fingerprint density at radius 1 is 1.03 bits per heavy atom. The maximum Gasteiger partial charge on any atom is 0.318 e. The lowest BCUT2D eigenvalue weighted by molar-refractivity contribution is -0.123. The summed E-state index contributed by atoms with van der Waals surface area (Å²) in [6.07, 6.45) is 0.438. The Bertz CT molecular complexity index is 789. The first-order chi connectivity index (χ1) is 14.2. The van der Waals surface area contributed by atoms with Crippen LogP contribution in [0, 0.1) is 0 Å². The molecule has 0 saturated carbocycles. The van der Waals surface area contributed by atoms with Gasteiger partial charge < -0.3 is 25.6 Å². The Morgan fingerprint density at radius 2 is 1.72 bits per heavy atom. The number of urea groups is 1. The number of hydrogen-bond acceptors (Lipinski definition) is 4. The molecule has 7 nitrogen and oxygen atoms in total. The second-order valence-corrected chi connectivity index (χ2v) is 6.99. The van der Waals surface area contributed by atoms with Crippen molar-refractivity contribution >= 4 is 11.9 Å². The van der Waals surface area contributed by atoms with Crippen LogP contribution in [0.3, 0.4) is 0 Å². The van der Waals surface area contributed by atoms with Gasteiger partial charge in [0.15, 0.2) is 0 Å². The van der Waals surface area contributed by atoms with Gasteiger partial charge in [0.1, 0.15) is 11.8 Å². The molecule has 1 aliphatic rings. The van der Waals surface area contributed by atoms with Crippen molar-refractivity contribution in [2.45, 2.75) is 19.0 Å². The van der Waals surface area contributed by atoms with Gasteiger partial charge in [-0.2, -0.15) is 0 Å². The smallest absolute Gasteiger partial charge is 0.318 e. The van der Waals surface area contributed by atoms with Crippen molar-refractivity contribution < 1.29 is 14.3 Å². The van der Waals surface area contributed by atoms with Gasteiger partial charge in [0.05, 0.1) is 7.11 Å². The number of ether oxygens (including phenoxy) is 1. The van der Waals surface area contributed by atoms with Crippen LogP contribution in [0.5, 0.6) is 5.75 Å². The highest BCUT2D eigenvalue weighted by Crippen LogP contribution is 2.11. The Kier molecular flexibility index (Phi) is 7.47. The fourth-order valence-electron chi connectivity index (χ4n) is 3.22. The van der Waals surface area contributed by atoms with Crippen molar-refractivity contribution in [1.82, 2.24) is 20.9 Å². The van der Waals surface area contributed by atoms with Crippen molar-refractivity contribution in [2.24, 2.45) is 0 Å². The topological polar surface area (TPSA) is 82.7 Å². The Labute approximate surface area is 171 Å². The third kappa shape index (κ3) is 6.22. The van der Waals surface area contributed by atoms with Crippen molar-refractivity contribution in [2.75, 3.05) is 33.3 Å². The van der Waals surface area contributed by atoms with E-state index in [-0.39, 0.29) is 11.9 Å². The van der Waals surface area contributed by atoms with Crippen LogP contribution in [0.4, 0.5) is 4.79 Å². The SMILES string of the molecule is COc1ccc(CNC(=O)C(Cc2ccccc2)NC(=O)N2CCNCC2)cc1. The number of carbonyl (C=O) groups is 2. The molecular formula is C22H28N4O3. The van der Waals surface area contributed by atoms with E-state index in [0.717, 1.165) is 30.0 Å². The molecule has 1 unspecified atom stereocenters. The largest absolute Gasteiger partial charge is 0.497 e. The summed E-state index contributed by atoms with van der Waals surface area (Å²) in [5.41, 5.74) is 1.96. The molecule has 0 spiro atoms. The van der Waals surface area contributed by atoms with Crippen LogP contribution >= 0.6 is 0 Å². The molecule has 0 aromatic heterocycles. The average molecular weight is 396 g/mol. The summed E-state index contributed by atoms with van der Waals surface area (Å²) in [5.74, 6) is 0.568. The van der Waals surface area contributed by atoms with Gasteiger partial charge >= 0.3 is 6.03 Å². The van der Waals surface area contributed by atoms with Gasteiger partial charge in [0, 0.05) is 39.1 Å². The number of nitrogens with one attached hydrogen (secondary N) is 3. The number of benzene rings is 2. The van der Waals surface area contributed by atoms with Crippen LogP contribution in [-0.4, -0.2) is 56.2 Å². The van der Waals surface area contributed by atoms with Gasteiger partial charge in [-0.3, -0.25) is 4.79 Å². The molecule has 154 valence electrons. The molecule has 1 fully saturated rings.